The first-order valence-electron chi connectivity index (χ1n) is 6.14. The maximum Gasteiger partial charge on any atom is 0.361 e. The summed E-state index contributed by atoms with van der Waals surface area (Å²) in [5, 5.41) is 14.3. The van der Waals surface area contributed by atoms with Crippen molar-refractivity contribution >= 4 is 23.4 Å². The minimum Gasteiger partial charge on any atom is -0.489 e. The summed E-state index contributed by atoms with van der Waals surface area (Å²) in [5.41, 5.74) is -0.155. The molecule has 0 aliphatic carbocycles. The summed E-state index contributed by atoms with van der Waals surface area (Å²) in [6, 6.07) is 0. The SMILES string of the molecule is CCCCCCON=C(C(=O)O)C1=CSCCO1. The lowest BCUT2D eigenvalue weighted by atomic mass is 10.2. The van der Waals surface area contributed by atoms with Crippen LogP contribution in [0.5, 0.6) is 0 Å². The maximum absolute atomic E-state index is 11.0. The summed E-state index contributed by atoms with van der Waals surface area (Å²) in [6.45, 7) is 3.07. The third-order valence-corrected chi connectivity index (χ3v) is 3.11. The van der Waals surface area contributed by atoms with Crippen molar-refractivity contribution in [2.45, 2.75) is 32.6 Å². The van der Waals surface area contributed by atoms with E-state index in [0.29, 0.717) is 13.2 Å². The molecule has 6 heteroatoms. The molecular weight excluding hydrogens is 254 g/mol. The van der Waals surface area contributed by atoms with Crippen LogP contribution in [0.3, 0.4) is 0 Å². The number of nitrogens with zero attached hydrogens (tertiary/aromatic N) is 1. The number of oxime groups is 1. The van der Waals surface area contributed by atoms with Crippen LogP contribution >= 0.6 is 11.8 Å². The van der Waals surface area contributed by atoms with Crippen molar-refractivity contribution in [1.29, 1.82) is 0 Å². The Hall–Kier alpha value is -1.17. The fraction of sp³-hybridized carbons (Fsp3) is 0.667. The van der Waals surface area contributed by atoms with E-state index < -0.39 is 5.97 Å². The molecule has 5 nitrogen and oxygen atoms in total. The highest BCUT2D eigenvalue weighted by molar-refractivity contribution is 8.02. The zero-order valence-corrected chi connectivity index (χ0v) is 11.4. The fourth-order valence-electron chi connectivity index (χ4n) is 1.39. The molecule has 0 fully saturated rings. The average Bonchev–Trinajstić information content (AvgIpc) is 2.38. The highest BCUT2D eigenvalue weighted by Crippen LogP contribution is 2.16. The van der Waals surface area contributed by atoms with E-state index in [1.165, 1.54) is 11.8 Å². The lowest BCUT2D eigenvalue weighted by Gasteiger charge is -2.13. The predicted molar refractivity (Wildman–Crippen MR) is 71.7 cm³/mol. The molecule has 0 spiro atoms. The van der Waals surface area contributed by atoms with Gasteiger partial charge in [-0.25, -0.2) is 4.79 Å². The summed E-state index contributed by atoms with van der Waals surface area (Å²) in [5.74, 6) is -0.0153. The number of aliphatic carboxylic acids is 1. The summed E-state index contributed by atoms with van der Waals surface area (Å²) < 4.78 is 5.25. The second-order valence-electron chi connectivity index (χ2n) is 3.84. The zero-order valence-electron chi connectivity index (χ0n) is 10.6. The van der Waals surface area contributed by atoms with Gasteiger partial charge >= 0.3 is 5.97 Å². The van der Waals surface area contributed by atoms with Crippen LogP contribution in [0.25, 0.3) is 0 Å². The first-order chi connectivity index (χ1) is 8.75. The molecule has 102 valence electrons. The minimum absolute atomic E-state index is 0.155. The van der Waals surface area contributed by atoms with Crippen molar-refractivity contribution in [1.82, 2.24) is 0 Å². The minimum atomic E-state index is -1.13. The lowest BCUT2D eigenvalue weighted by Crippen LogP contribution is -2.20. The highest BCUT2D eigenvalue weighted by Gasteiger charge is 2.20. The molecule has 0 aromatic rings. The molecule has 0 radical (unpaired) electrons. The predicted octanol–water partition coefficient (Wildman–Crippen LogP) is 2.63. The van der Waals surface area contributed by atoms with Gasteiger partial charge in [0.15, 0.2) is 5.76 Å². The molecule has 0 unspecified atom stereocenters. The molecule has 0 aromatic carbocycles. The van der Waals surface area contributed by atoms with E-state index in [9.17, 15) is 4.79 Å². The van der Waals surface area contributed by atoms with Crippen LogP contribution in [-0.4, -0.2) is 35.8 Å². The van der Waals surface area contributed by atoms with Crippen molar-refractivity contribution < 1.29 is 19.5 Å². The molecule has 0 amide bonds. The van der Waals surface area contributed by atoms with Crippen LogP contribution in [0.4, 0.5) is 0 Å². The van der Waals surface area contributed by atoms with Gasteiger partial charge in [-0.2, -0.15) is 0 Å². The van der Waals surface area contributed by atoms with Crippen LogP contribution < -0.4 is 0 Å². The fourth-order valence-corrected chi connectivity index (χ4v) is 2.01. The Labute approximate surface area is 111 Å². The Balaban J connectivity index is 2.41. The van der Waals surface area contributed by atoms with Gasteiger partial charge in [-0.05, 0) is 12.8 Å². The molecule has 1 aliphatic rings. The number of carboxylic acid groups (broad SMARTS) is 1. The van der Waals surface area contributed by atoms with Gasteiger partial charge in [-0.15, -0.1) is 11.8 Å². The first kappa shape index (κ1) is 14.9. The Morgan fingerprint density at radius 1 is 1.56 bits per heavy atom. The van der Waals surface area contributed by atoms with Crippen LogP contribution in [0.1, 0.15) is 32.6 Å². The lowest BCUT2D eigenvalue weighted by molar-refractivity contribution is -0.129. The first-order valence-corrected chi connectivity index (χ1v) is 7.18. The van der Waals surface area contributed by atoms with Crippen LogP contribution in [0.2, 0.25) is 0 Å². The van der Waals surface area contributed by atoms with Crippen molar-refractivity contribution in [3.05, 3.63) is 11.2 Å². The van der Waals surface area contributed by atoms with E-state index in [2.05, 4.69) is 12.1 Å². The number of thioether (sulfide) groups is 1. The van der Waals surface area contributed by atoms with Gasteiger partial charge in [0.25, 0.3) is 0 Å². The number of hydrogen-bond acceptors (Lipinski definition) is 5. The molecule has 1 N–H and O–H groups in total. The summed E-state index contributed by atoms with van der Waals surface area (Å²) in [7, 11) is 0. The third-order valence-electron chi connectivity index (χ3n) is 2.33. The van der Waals surface area contributed by atoms with Crippen molar-refractivity contribution in [2.75, 3.05) is 19.0 Å². The summed E-state index contributed by atoms with van der Waals surface area (Å²) in [4.78, 5) is 16.1. The Kier molecular flexibility index (Phi) is 7.32. The molecule has 1 heterocycles. The van der Waals surface area contributed by atoms with Gasteiger partial charge in [0.2, 0.25) is 5.71 Å². The monoisotopic (exact) mass is 273 g/mol. The normalized spacial score (nSPS) is 15.8. The van der Waals surface area contributed by atoms with Crippen LogP contribution in [0.15, 0.2) is 16.3 Å². The molecule has 0 saturated heterocycles. The maximum atomic E-state index is 11.0. The van der Waals surface area contributed by atoms with E-state index in [1.54, 1.807) is 5.41 Å². The van der Waals surface area contributed by atoms with Crippen LogP contribution in [0, 0.1) is 0 Å². The smallest absolute Gasteiger partial charge is 0.361 e. The van der Waals surface area contributed by atoms with Gasteiger partial charge in [0.1, 0.15) is 6.61 Å². The molecule has 18 heavy (non-hydrogen) atoms. The van der Waals surface area contributed by atoms with Gasteiger partial charge < -0.3 is 14.7 Å². The van der Waals surface area contributed by atoms with E-state index in [-0.39, 0.29) is 11.5 Å². The molecule has 0 bridgehead atoms. The van der Waals surface area contributed by atoms with Crippen molar-refractivity contribution in [3.63, 3.8) is 0 Å². The van der Waals surface area contributed by atoms with E-state index in [4.69, 9.17) is 14.7 Å². The van der Waals surface area contributed by atoms with Gasteiger partial charge in [0.05, 0.1) is 6.61 Å². The Morgan fingerprint density at radius 3 is 3.00 bits per heavy atom. The number of hydrogen-bond donors (Lipinski definition) is 1. The second kappa shape index (κ2) is 8.85. The topological polar surface area (TPSA) is 68.1 Å². The van der Waals surface area contributed by atoms with Crippen molar-refractivity contribution in [2.24, 2.45) is 5.16 Å². The number of rotatable bonds is 8. The quantitative estimate of drug-likeness (QED) is 0.418. The standard InChI is InChI=1S/C12H19NO4S/c1-2-3-4-5-6-17-13-11(12(14)15)10-9-18-8-7-16-10/h9H,2-8H2,1H3,(H,14,15). The van der Waals surface area contributed by atoms with Gasteiger partial charge in [0, 0.05) is 11.2 Å². The number of carbonyl (C=O) groups is 1. The zero-order chi connectivity index (χ0) is 13.2. The number of carboxylic acids is 1. The summed E-state index contributed by atoms with van der Waals surface area (Å²) >= 11 is 1.51. The van der Waals surface area contributed by atoms with E-state index in [1.807, 2.05) is 0 Å². The molecule has 0 atom stereocenters. The van der Waals surface area contributed by atoms with Gasteiger partial charge in [-0.3, -0.25) is 0 Å². The molecule has 1 rings (SSSR count). The molecule has 0 aromatic heterocycles. The molecule has 1 aliphatic heterocycles. The highest BCUT2D eigenvalue weighted by atomic mass is 32.2. The number of unbranched alkanes of at least 4 members (excludes halogenated alkanes) is 3. The average molecular weight is 273 g/mol. The molecular formula is C12H19NO4S. The van der Waals surface area contributed by atoms with Gasteiger partial charge in [-0.1, -0.05) is 24.9 Å². The largest absolute Gasteiger partial charge is 0.489 e. The second-order valence-corrected chi connectivity index (χ2v) is 4.82. The van der Waals surface area contributed by atoms with Crippen molar-refractivity contribution in [3.8, 4) is 0 Å². The summed E-state index contributed by atoms with van der Waals surface area (Å²) in [6.07, 6.45) is 4.27. The number of ether oxygens (including phenoxy) is 1. The molecule has 0 saturated carbocycles. The Bertz CT molecular complexity index is 328. The Morgan fingerprint density at radius 2 is 2.39 bits per heavy atom. The third kappa shape index (κ3) is 5.44. The van der Waals surface area contributed by atoms with E-state index >= 15 is 0 Å². The van der Waals surface area contributed by atoms with Crippen LogP contribution in [-0.2, 0) is 14.4 Å². The van der Waals surface area contributed by atoms with E-state index in [0.717, 1.165) is 31.4 Å².